The summed E-state index contributed by atoms with van der Waals surface area (Å²) in [6, 6.07) is 18.0. The summed E-state index contributed by atoms with van der Waals surface area (Å²) in [7, 11) is 0. The third-order valence-corrected chi connectivity index (χ3v) is 5.46. The number of fused-ring (bicyclic) bond motifs is 1. The molecule has 4 rings (SSSR count). The highest BCUT2D eigenvalue weighted by Gasteiger charge is 2.13. The third-order valence-electron chi connectivity index (χ3n) is 4.58. The summed E-state index contributed by atoms with van der Waals surface area (Å²) in [6.07, 6.45) is 2.61. The molecule has 0 aliphatic carbocycles. The number of aryl methyl sites for hydroxylation is 1. The van der Waals surface area contributed by atoms with E-state index in [0.29, 0.717) is 18.5 Å². The zero-order valence-electron chi connectivity index (χ0n) is 15.1. The van der Waals surface area contributed by atoms with Crippen molar-refractivity contribution < 1.29 is 4.74 Å². The Hall–Kier alpha value is -2.92. The summed E-state index contributed by atoms with van der Waals surface area (Å²) in [5.41, 5.74) is 3.27. The lowest BCUT2D eigenvalue weighted by Gasteiger charge is -2.08. The van der Waals surface area contributed by atoms with Gasteiger partial charge in [-0.25, -0.2) is 4.98 Å². The lowest BCUT2D eigenvalue weighted by molar-refractivity contribution is 0.296. The Bertz CT molecular complexity index is 1100. The number of rotatable bonds is 6. The zero-order chi connectivity index (χ0) is 18.6. The average Bonchev–Trinajstić information content (AvgIpc) is 3.15. The minimum Gasteiger partial charge on any atom is -0.492 e. The van der Waals surface area contributed by atoms with E-state index in [2.05, 4.69) is 36.2 Å². The molecule has 0 bridgehead atoms. The number of hydrogen-bond donors (Lipinski definition) is 0. The Morgan fingerprint density at radius 2 is 1.85 bits per heavy atom. The van der Waals surface area contributed by atoms with Crippen LogP contribution in [0.4, 0.5) is 0 Å². The number of benzene rings is 2. The second-order valence-electron chi connectivity index (χ2n) is 6.28. The normalized spacial score (nSPS) is 11.0. The summed E-state index contributed by atoms with van der Waals surface area (Å²) in [6.45, 7) is 3.01. The Kier molecular flexibility index (Phi) is 5.03. The van der Waals surface area contributed by atoms with Gasteiger partial charge in [0.2, 0.25) is 0 Å². The molecule has 5 heteroatoms. The highest BCUT2D eigenvalue weighted by Crippen LogP contribution is 2.30. The molecule has 2 aromatic carbocycles. The van der Waals surface area contributed by atoms with Gasteiger partial charge in [0.1, 0.15) is 17.2 Å². The van der Waals surface area contributed by atoms with Gasteiger partial charge < -0.3 is 4.74 Å². The molecule has 0 spiro atoms. The molecule has 0 amide bonds. The van der Waals surface area contributed by atoms with Gasteiger partial charge in [-0.1, -0.05) is 49.4 Å². The van der Waals surface area contributed by atoms with Crippen molar-refractivity contribution in [3.05, 3.63) is 82.2 Å². The van der Waals surface area contributed by atoms with Gasteiger partial charge in [0.25, 0.3) is 5.56 Å². The maximum absolute atomic E-state index is 13.0. The molecular weight excluding hydrogens is 356 g/mol. The van der Waals surface area contributed by atoms with Crippen molar-refractivity contribution in [2.24, 2.45) is 0 Å². The maximum Gasteiger partial charge on any atom is 0.262 e. The largest absolute Gasteiger partial charge is 0.492 e. The minimum absolute atomic E-state index is 0.0209. The first kappa shape index (κ1) is 17.5. The Labute approximate surface area is 161 Å². The van der Waals surface area contributed by atoms with E-state index in [-0.39, 0.29) is 5.56 Å². The first-order valence-corrected chi connectivity index (χ1v) is 9.88. The predicted molar refractivity (Wildman–Crippen MR) is 111 cm³/mol. The van der Waals surface area contributed by atoms with Crippen molar-refractivity contribution in [2.75, 3.05) is 6.61 Å². The SMILES string of the molecule is CCc1ccc(-c2csc3ncn(CCOc4ccccc4)c(=O)c23)cc1. The molecule has 0 aliphatic rings. The topological polar surface area (TPSA) is 44.1 Å². The van der Waals surface area contributed by atoms with Crippen LogP contribution in [0, 0.1) is 0 Å². The lowest BCUT2D eigenvalue weighted by Crippen LogP contribution is -2.23. The molecule has 0 atom stereocenters. The number of nitrogens with zero attached hydrogens (tertiary/aromatic N) is 2. The molecule has 4 aromatic rings. The van der Waals surface area contributed by atoms with Crippen molar-refractivity contribution in [1.29, 1.82) is 0 Å². The van der Waals surface area contributed by atoms with E-state index in [4.69, 9.17) is 4.74 Å². The molecule has 0 radical (unpaired) electrons. The standard InChI is InChI=1S/C22H20N2O2S/c1-2-16-8-10-17(11-9-16)19-14-27-21-20(19)22(25)24(15-23-21)12-13-26-18-6-4-3-5-7-18/h3-11,14-15H,2,12-13H2,1H3. The second-order valence-corrected chi connectivity index (χ2v) is 7.14. The molecule has 4 nitrogen and oxygen atoms in total. The van der Waals surface area contributed by atoms with Crippen LogP contribution in [0.15, 0.2) is 71.1 Å². The van der Waals surface area contributed by atoms with Crippen molar-refractivity contribution >= 4 is 21.6 Å². The highest BCUT2D eigenvalue weighted by atomic mass is 32.1. The van der Waals surface area contributed by atoms with E-state index in [1.165, 1.54) is 16.9 Å². The van der Waals surface area contributed by atoms with E-state index in [1.54, 1.807) is 10.9 Å². The first-order chi connectivity index (χ1) is 13.3. The van der Waals surface area contributed by atoms with Gasteiger partial charge in [0, 0.05) is 10.9 Å². The molecule has 0 unspecified atom stereocenters. The predicted octanol–water partition coefficient (Wildman–Crippen LogP) is 4.77. The molecular formula is C22H20N2O2S. The summed E-state index contributed by atoms with van der Waals surface area (Å²) >= 11 is 1.51. The Morgan fingerprint density at radius 3 is 2.59 bits per heavy atom. The number of aromatic nitrogens is 2. The Balaban J connectivity index is 1.61. The third kappa shape index (κ3) is 3.64. The minimum atomic E-state index is -0.0209. The van der Waals surface area contributed by atoms with Crippen LogP contribution in [0.5, 0.6) is 5.75 Å². The van der Waals surface area contributed by atoms with Crippen molar-refractivity contribution in [3.8, 4) is 16.9 Å². The van der Waals surface area contributed by atoms with Crippen molar-refractivity contribution in [2.45, 2.75) is 19.9 Å². The molecule has 27 heavy (non-hydrogen) atoms. The monoisotopic (exact) mass is 376 g/mol. The van der Waals surface area contributed by atoms with Crippen molar-refractivity contribution in [3.63, 3.8) is 0 Å². The van der Waals surface area contributed by atoms with Gasteiger partial charge in [0.05, 0.1) is 18.3 Å². The fraction of sp³-hybridized carbons (Fsp3) is 0.182. The van der Waals surface area contributed by atoms with Gasteiger partial charge in [-0.3, -0.25) is 9.36 Å². The van der Waals surface area contributed by atoms with Crippen LogP contribution < -0.4 is 10.3 Å². The second kappa shape index (κ2) is 7.76. The van der Waals surface area contributed by atoms with Gasteiger partial charge in [-0.2, -0.15) is 0 Å². The van der Waals surface area contributed by atoms with Gasteiger partial charge in [0.15, 0.2) is 0 Å². The van der Waals surface area contributed by atoms with Gasteiger partial charge >= 0.3 is 0 Å². The molecule has 0 N–H and O–H groups in total. The molecule has 0 aliphatic heterocycles. The van der Waals surface area contributed by atoms with E-state index in [9.17, 15) is 4.79 Å². The van der Waals surface area contributed by atoms with Crippen LogP contribution in [0.3, 0.4) is 0 Å². The van der Waals surface area contributed by atoms with E-state index in [0.717, 1.165) is 28.1 Å². The number of ether oxygens (including phenoxy) is 1. The van der Waals surface area contributed by atoms with Gasteiger partial charge in [-0.05, 0) is 29.7 Å². The van der Waals surface area contributed by atoms with Crippen molar-refractivity contribution in [1.82, 2.24) is 9.55 Å². The van der Waals surface area contributed by atoms with Gasteiger partial charge in [-0.15, -0.1) is 11.3 Å². The summed E-state index contributed by atoms with van der Waals surface area (Å²) < 4.78 is 7.34. The van der Waals surface area contributed by atoms with Crippen LogP contribution in [0.1, 0.15) is 12.5 Å². The number of para-hydroxylation sites is 1. The molecule has 2 aromatic heterocycles. The van der Waals surface area contributed by atoms with E-state index in [1.807, 2.05) is 35.7 Å². The highest BCUT2D eigenvalue weighted by molar-refractivity contribution is 7.17. The molecule has 0 fully saturated rings. The number of thiophene rings is 1. The van der Waals surface area contributed by atoms with Crippen LogP contribution in [-0.2, 0) is 13.0 Å². The Morgan fingerprint density at radius 1 is 1.07 bits per heavy atom. The lowest BCUT2D eigenvalue weighted by atomic mass is 10.0. The quantitative estimate of drug-likeness (QED) is 0.487. The van der Waals surface area contributed by atoms with Crippen LogP contribution >= 0.6 is 11.3 Å². The van der Waals surface area contributed by atoms with Crippen LogP contribution in [0.2, 0.25) is 0 Å². The van der Waals surface area contributed by atoms with Crippen LogP contribution in [0.25, 0.3) is 21.3 Å². The summed E-state index contributed by atoms with van der Waals surface area (Å²) in [5, 5.41) is 2.71. The summed E-state index contributed by atoms with van der Waals surface area (Å²) in [4.78, 5) is 18.3. The fourth-order valence-electron chi connectivity index (χ4n) is 3.04. The molecule has 136 valence electrons. The summed E-state index contributed by atoms with van der Waals surface area (Å²) in [5.74, 6) is 0.798. The number of hydrogen-bond acceptors (Lipinski definition) is 4. The first-order valence-electron chi connectivity index (χ1n) is 9.00. The average molecular weight is 376 g/mol. The molecule has 0 saturated heterocycles. The molecule has 2 heterocycles. The zero-order valence-corrected chi connectivity index (χ0v) is 15.9. The fourth-order valence-corrected chi connectivity index (χ4v) is 3.94. The van der Waals surface area contributed by atoms with E-state index >= 15 is 0 Å². The molecule has 0 saturated carbocycles. The maximum atomic E-state index is 13.0. The van der Waals surface area contributed by atoms with Crippen LogP contribution in [-0.4, -0.2) is 16.2 Å². The van der Waals surface area contributed by atoms with E-state index < -0.39 is 0 Å². The smallest absolute Gasteiger partial charge is 0.262 e.